The van der Waals surface area contributed by atoms with Gasteiger partial charge in [0.25, 0.3) is 0 Å². The van der Waals surface area contributed by atoms with Crippen molar-refractivity contribution in [3.8, 4) is 0 Å². The summed E-state index contributed by atoms with van der Waals surface area (Å²) in [6.45, 7) is 13.7. The molecule has 34 heavy (non-hydrogen) atoms. The number of nitrogens with one attached hydrogen (secondary N) is 2. The number of carbonyl (C=O) groups is 1. The highest BCUT2D eigenvalue weighted by molar-refractivity contribution is 5.93. The van der Waals surface area contributed by atoms with Crippen molar-refractivity contribution in [2.24, 2.45) is 10.8 Å². The number of rotatable bonds is 11. The second-order valence-electron chi connectivity index (χ2n) is 8.39. The molecule has 188 valence electrons. The number of aliphatic hydroxyl groups is 1. The molecule has 0 saturated carbocycles. The smallest absolute Gasteiger partial charge is 0.338 e. The number of hydrazine groups is 1. The summed E-state index contributed by atoms with van der Waals surface area (Å²) in [6.07, 6.45) is 8.54. The van der Waals surface area contributed by atoms with Gasteiger partial charge in [-0.3, -0.25) is 10.0 Å². The van der Waals surface area contributed by atoms with Crippen molar-refractivity contribution in [1.29, 1.82) is 5.41 Å². The molecule has 0 aliphatic carbocycles. The van der Waals surface area contributed by atoms with Crippen LogP contribution in [0.4, 0.5) is 0 Å². The molecule has 8 nitrogen and oxygen atoms in total. The average Bonchev–Trinajstić information content (AvgIpc) is 2.81. The van der Waals surface area contributed by atoms with Gasteiger partial charge in [0, 0.05) is 37.0 Å². The highest BCUT2D eigenvalue weighted by atomic mass is 16.5. The zero-order valence-corrected chi connectivity index (χ0v) is 21.5. The molecule has 0 amide bonds. The molecule has 1 aliphatic rings. The topological polar surface area (TPSA) is 124 Å². The van der Waals surface area contributed by atoms with E-state index in [-0.39, 0.29) is 24.2 Å². The van der Waals surface area contributed by atoms with E-state index < -0.39 is 12.1 Å². The summed E-state index contributed by atoms with van der Waals surface area (Å²) in [5.74, 6) is 5.86. The summed E-state index contributed by atoms with van der Waals surface area (Å²) in [5, 5.41) is 23.0. The predicted octanol–water partition coefficient (Wildman–Crippen LogP) is 5.19. The summed E-state index contributed by atoms with van der Waals surface area (Å²) >= 11 is 0. The summed E-state index contributed by atoms with van der Waals surface area (Å²) in [4.78, 5) is 16.8. The van der Waals surface area contributed by atoms with Crippen molar-refractivity contribution in [1.82, 2.24) is 10.3 Å². The molecule has 0 aromatic heterocycles. The first-order chi connectivity index (χ1) is 16.1. The number of nitrogens with two attached hydrogens (primary N) is 1. The van der Waals surface area contributed by atoms with Gasteiger partial charge < -0.3 is 20.6 Å². The number of hydrogen-bond donors (Lipinski definition) is 4. The number of cyclic esters (lactones) is 1. The minimum atomic E-state index is -0.548. The highest BCUT2D eigenvalue weighted by Crippen LogP contribution is 2.27. The van der Waals surface area contributed by atoms with Gasteiger partial charge in [0.05, 0.1) is 5.57 Å². The maximum absolute atomic E-state index is 12.6. The van der Waals surface area contributed by atoms with Crippen LogP contribution < -0.4 is 11.2 Å². The zero-order chi connectivity index (χ0) is 25.8. The van der Waals surface area contributed by atoms with Crippen molar-refractivity contribution in [3.63, 3.8) is 0 Å². The minimum Gasteiger partial charge on any atom is -0.512 e. The standard InChI is InChI=1S/C26H41N5O3/c1-8-17(4)13-20(15-21(27)10-3)11-12-22-16-24(32)23(25(33)34-22)14-18(5)30-26(29-7)31(28)19(6)9-2/h9,13,15,22,27,32H,5,8,10-12,14,16,28H2,1-4,6-7H3,(H,29,30)/b17-13+,19-9-,20-15-,27-21?/t22-/m1/s1. The third-order valence-corrected chi connectivity index (χ3v) is 5.69. The van der Waals surface area contributed by atoms with Crippen LogP contribution in [0.3, 0.4) is 0 Å². The molecule has 8 heteroatoms. The lowest BCUT2D eigenvalue weighted by atomic mass is 9.96. The van der Waals surface area contributed by atoms with E-state index in [1.807, 2.05) is 32.9 Å². The molecule has 0 spiro atoms. The largest absolute Gasteiger partial charge is 0.512 e. The Morgan fingerprint density at radius 3 is 2.56 bits per heavy atom. The molecule has 0 saturated heterocycles. The van der Waals surface area contributed by atoms with Gasteiger partial charge in [-0.15, -0.1) is 0 Å². The molecule has 0 radical (unpaired) electrons. The lowest BCUT2D eigenvalue weighted by Crippen LogP contribution is -2.44. The number of nitrogens with zero attached hydrogens (tertiary/aromatic N) is 2. The van der Waals surface area contributed by atoms with Gasteiger partial charge in [-0.05, 0) is 58.1 Å². The Kier molecular flexibility index (Phi) is 12.1. The highest BCUT2D eigenvalue weighted by Gasteiger charge is 2.29. The molecule has 1 rings (SSSR count). The normalized spacial score (nSPS) is 18.1. The first-order valence-corrected chi connectivity index (χ1v) is 11.7. The first-order valence-electron chi connectivity index (χ1n) is 11.7. The fourth-order valence-corrected chi connectivity index (χ4v) is 3.26. The van der Waals surface area contributed by atoms with Crippen molar-refractivity contribution >= 4 is 17.6 Å². The predicted molar refractivity (Wildman–Crippen MR) is 139 cm³/mol. The Bertz CT molecular complexity index is 925. The van der Waals surface area contributed by atoms with E-state index in [1.165, 1.54) is 10.6 Å². The monoisotopic (exact) mass is 471 g/mol. The van der Waals surface area contributed by atoms with Crippen LogP contribution in [0.2, 0.25) is 0 Å². The molecule has 1 heterocycles. The van der Waals surface area contributed by atoms with Crippen LogP contribution in [-0.4, -0.2) is 40.9 Å². The third kappa shape index (κ3) is 9.02. The van der Waals surface area contributed by atoms with E-state index in [2.05, 4.69) is 36.8 Å². The number of aliphatic imine (C=N–C) groups is 1. The zero-order valence-electron chi connectivity index (χ0n) is 21.5. The van der Waals surface area contributed by atoms with Crippen LogP contribution in [-0.2, 0) is 9.53 Å². The number of carbonyl (C=O) groups excluding carboxylic acids is 1. The quantitative estimate of drug-likeness (QED) is 0.0821. The van der Waals surface area contributed by atoms with Gasteiger partial charge in [0.2, 0.25) is 5.96 Å². The van der Waals surface area contributed by atoms with Gasteiger partial charge in [-0.25, -0.2) is 10.6 Å². The third-order valence-electron chi connectivity index (χ3n) is 5.69. The molecular formula is C26H41N5O3. The fourth-order valence-electron chi connectivity index (χ4n) is 3.26. The van der Waals surface area contributed by atoms with E-state index in [4.69, 9.17) is 16.0 Å². The van der Waals surface area contributed by atoms with E-state index in [0.29, 0.717) is 36.6 Å². The molecule has 0 fully saturated rings. The maximum atomic E-state index is 12.6. The fraction of sp³-hybridized carbons (Fsp3) is 0.500. The number of ether oxygens (including phenoxy) is 1. The van der Waals surface area contributed by atoms with E-state index in [0.717, 1.165) is 17.7 Å². The van der Waals surface area contributed by atoms with Crippen molar-refractivity contribution in [2.75, 3.05) is 7.05 Å². The maximum Gasteiger partial charge on any atom is 0.338 e. The van der Waals surface area contributed by atoms with E-state index in [9.17, 15) is 9.90 Å². The van der Waals surface area contributed by atoms with E-state index >= 15 is 0 Å². The Balaban J connectivity index is 2.85. The number of guanidine groups is 1. The SMILES string of the molecule is C=C(CC1=C(O)C[C@@H](CCC(=C/C(=N)CC)/C=C(\C)CC)OC1=O)NC(=NC)N(N)/C(C)=C\C. The van der Waals surface area contributed by atoms with Crippen LogP contribution in [0.1, 0.15) is 73.1 Å². The van der Waals surface area contributed by atoms with Crippen molar-refractivity contribution in [3.05, 3.63) is 58.7 Å². The van der Waals surface area contributed by atoms with Gasteiger partial charge in [-0.1, -0.05) is 38.2 Å². The number of allylic oxidation sites excluding steroid dienone is 7. The Morgan fingerprint density at radius 2 is 2.03 bits per heavy atom. The number of esters is 1. The molecule has 0 aromatic carbocycles. The van der Waals surface area contributed by atoms with Gasteiger partial charge in [0.1, 0.15) is 11.9 Å². The molecular weight excluding hydrogens is 430 g/mol. The second kappa shape index (κ2) is 14.2. The van der Waals surface area contributed by atoms with Crippen molar-refractivity contribution in [2.45, 2.75) is 79.2 Å². The number of aliphatic hydroxyl groups excluding tert-OH is 1. The van der Waals surface area contributed by atoms with Crippen LogP contribution in [0.25, 0.3) is 0 Å². The number of hydrogen-bond acceptors (Lipinski definition) is 6. The van der Waals surface area contributed by atoms with E-state index in [1.54, 1.807) is 7.05 Å². The minimum absolute atomic E-state index is 0.0144. The van der Waals surface area contributed by atoms with Crippen LogP contribution in [0, 0.1) is 5.41 Å². The molecule has 0 unspecified atom stereocenters. The Hall–Kier alpha value is -3.13. The Labute approximate surface area is 204 Å². The molecule has 0 aromatic rings. The molecule has 1 atom stereocenters. The van der Waals surface area contributed by atoms with Gasteiger partial charge in [0.15, 0.2) is 0 Å². The summed E-state index contributed by atoms with van der Waals surface area (Å²) in [5.41, 5.74) is 4.24. The Morgan fingerprint density at radius 1 is 1.35 bits per heavy atom. The van der Waals surface area contributed by atoms with Crippen LogP contribution >= 0.6 is 0 Å². The summed E-state index contributed by atoms with van der Waals surface area (Å²) in [6, 6.07) is 0. The summed E-state index contributed by atoms with van der Waals surface area (Å²) in [7, 11) is 1.59. The molecule has 5 N–H and O–H groups in total. The average molecular weight is 472 g/mol. The van der Waals surface area contributed by atoms with Gasteiger partial charge >= 0.3 is 5.97 Å². The van der Waals surface area contributed by atoms with Gasteiger partial charge in [-0.2, -0.15) is 0 Å². The molecule has 0 bridgehead atoms. The first kappa shape index (κ1) is 28.9. The lowest BCUT2D eigenvalue weighted by molar-refractivity contribution is -0.147. The van der Waals surface area contributed by atoms with Crippen LogP contribution in [0.5, 0.6) is 0 Å². The second-order valence-corrected chi connectivity index (χ2v) is 8.39. The molecule has 1 aliphatic heterocycles. The summed E-state index contributed by atoms with van der Waals surface area (Å²) < 4.78 is 5.62. The van der Waals surface area contributed by atoms with Crippen molar-refractivity contribution < 1.29 is 14.6 Å². The lowest BCUT2D eigenvalue weighted by Gasteiger charge is -2.26. The van der Waals surface area contributed by atoms with Crippen LogP contribution in [0.15, 0.2) is 63.7 Å².